The molecule has 2 N–H and O–H groups in total. The fourth-order valence-corrected chi connectivity index (χ4v) is 4.51. The van der Waals surface area contributed by atoms with Crippen LogP contribution in [0.3, 0.4) is 0 Å². The molecule has 0 saturated carbocycles. The number of halogens is 1. The molecule has 1 amide bonds. The van der Waals surface area contributed by atoms with Gasteiger partial charge in [0.2, 0.25) is 5.91 Å². The van der Waals surface area contributed by atoms with Gasteiger partial charge in [-0.3, -0.25) is 14.7 Å². The third-order valence-electron chi connectivity index (χ3n) is 6.48. The van der Waals surface area contributed by atoms with Crippen LogP contribution in [-0.4, -0.2) is 67.5 Å². The second-order valence-corrected chi connectivity index (χ2v) is 9.00. The van der Waals surface area contributed by atoms with Crippen molar-refractivity contribution in [1.29, 1.82) is 0 Å². The maximum absolute atomic E-state index is 13.9. The summed E-state index contributed by atoms with van der Waals surface area (Å²) in [6, 6.07) is 7.06. The minimum absolute atomic E-state index is 0.110. The number of carbonyl (C=O) groups is 1. The van der Waals surface area contributed by atoms with Crippen LogP contribution in [0, 0.1) is 11.7 Å². The SMILES string of the molecule is CCNC(=NCC1CCN(Cc2ccccc2F)CC1)NCCCN1CCCCCC1=O. The summed E-state index contributed by atoms with van der Waals surface area (Å²) in [5, 5.41) is 6.76. The standard InChI is InChI=1S/C25H40FN5O/c1-2-27-25(28-14-8-16-31-15-7-3-4-11-24(31)32)29-19-21-12-17-30(18-13-21)20-22-9-5-6-10-23(22)26/h5-6,9-10,21H,2-4,7-8,11-20H2,1H3,(H2,27,28,29). The van der Waals surface area contributed by atoms with Gasteiger partial charge < -0.3 is 15.5 Å². The molecule has 0 bridgehead atoms. The van der Waals surface area contributed by atoms with Crippen molar-refractivity contribution in [2.24, 2.45) is 10.9 Å². The number of nitrogens with one attached hydrogen (secondary N) is 2. The van der Waals surface area contributed by atoms with Crippen molar-refractivity contribution in [3.63, 3.8) is 0 Å². The lowest BCUT2D eigenvalue weighted by atomic mass is 9.96. The fourth-order valence-electron chi connectivity index (χ4n) is 4.51. The normalized spacial score (nSPS) is 19.1. The van der Waals surface area contributed by atoms with Gasteiger partial charge in [0.15, 0.2) is 5.96 Å². The number of benzene rings is 1. The van der Waals surface area contributed by atoms with Gasteiger partial charge in [-0.05, 0) is 64.1 Å². The Balaban J connectivity index is 1.36. The summed E-state index contributed by atoms with van der Waals surface area (Å²) >= 11 is 0. The van der Waals surface area contributed by atoms with Crippen molar-refractivity contribution in [3.05, 3.63) is 35.6 Å². The Morgan fingerprint density at radius 1 is 1.12 bits per heavy atom. The quantitative estimate of drug-likeness (QED) is 0.348. The van der Waals surface area contributed by atoms with Crippen LogP contribution in [0.2, 0.25) is 0 Å². The average molecular weight is 446 g/mol. The van der Waals surface area contributed by atoms with Gasteiger partial charge in [0.25, 0.3) is 0 Å². The lowest BCUT2D eigenvalue weighted by Gasteiger charge is -2.31. The lowest BCUT2D eigenvalue weighted by molar-refractivity contribution is -0.130. The minimum atomic E-state index is -0.110. The number of aliphatic imine (C=N–C) groups is 1. The van der Waals surface area contributed by atoms with E-state index in [9.17, 15) is 9.18 Å². The second kappa shape index (κ2) is 13.4. The topological polar surface area (TPSA) is 60.0 Å². The van der Waals surface area contributed by atoms with E-state index in [0.717, 1.165) is 89.4 Å². The van der Waals surface area contributed by atoms with Crippen molar-refractivity contribution in [1.82, 2.24) is 20.4 Å². The van der Waals surface area contributed by atoms with Crippen LogP contribution in [0.5, 0.6) is 0 Å². The van der Waals surface area contributed by atoms with Crippen molar-refractivity contribution in [3.8, 4) is 0 Å². The van der Waals surface area contributed by atoms with E-state index in [1.165, 1.54) is 12.5 Å². The van der Waals surface area contributed by atoms with Gasteiger partial charge in [-0.1, -0.05) is 24.6 Å². The first kappa shape index (κ1) is 24.5. The summed E-state index contributed by atoms with van der Waals surface area (Å²) in [5.41, 5.74) is 0.782. The third-order valence-corrected chi connectivity index (χ3v) is 6.48. The average Bonchev–Trinajstić information content (AvgIpc) is 3.01. The molecule has 2 saturated heterocycles. The van der Waals surface area contributed by atoms with E-state index in [-0.39, 0.29) is 5.82 Å². The van der Waals surface area contributed by atoms with Crippen molar-refractivity contribution >= 4 is 11.9 Å². The summed E-state index contributed by atoms with van der Waals surface area (Å²) < 4.78 is 13.9. The summed E-state index contributed by atoms with van der Waals surface area (Å²) in [4.78, 5) is 21.3. The molecule has 0 spiro atoms. The first-order chi connectivity index (χ1) is 15.7. The maximum atomic E-state index is 13.9. The van der Waals surface area contributed by atoms with Gasteiger partial charge in [-0.2, -0.15) is 0 Å². The Bertz CT molecular complexity index is 733. The molecule has 2 aliphatic heterocycles. The van der Waals surface area contributed by atoms with Gasteiger partial charge in [0.1, 0.15) is 5.82 Å². The van der Waals surface area contributed by atoms with Crippen LogP contribution in [0.25, 0.3) is 0 Å². The van der Waals surface area contributed by atoms with Crippen LogP contribution in [0.4, 0.5) is 4.39 Å². The van der Waals surface area contributed by atoms with E-state index < -0.39 is 0 Å². The molecule has 3 rings (SSSR count). The molecule has 0 atom stereocenters. The first-order valence-electron chi connectivity index (χ1n) is 12.4. The minimum Gasteiger partial charge on any atom is -0.357 e. The number of amides is 1. The Kier molecular flexibility index (Phi) is 10.3. The molecule has 0 aromatic heterocycles. The Hall–Kier alpha value is -2.15. The summed E-state index contributed by atoms with van der Waals surface area (Å²) in [6.45, 7) is 8.93. The number of likely N-dealkylation sites (tertiary alicyclic amines) is 2. The maximum Gasteiger partial charge on any atom is 0.222 e. The number of hydrogen-bond acceptors (Lipinski definition) is 3. The highest BCUT2D eigenvalue weighted by molar-refractivity contribution is 5.79. The number of nitrogens with zero attached hydrogens (tertiary/aromatic N) is 3. The number of carbonyl (C=O) groups excluding carboxylic acids is 1. The predicted molar refractivity (Wildman–Crippen MR) is 128 cm³/mol. The number of guanidine groups is 1. The number of piperidine rings is 1. The van der Waals surface area contributed by atoms with Crippen LogP contribution in [0.15, 0.2) is 29.3 Å². The molecule has 0 unspecified atom stereocenters. The second-order valence-electron chi connectivity index (χ2n) is 9.00. The molecule has 0 aliphatic carbocycles. The summed E-state index contributed by atoms with van der Waals surface area (Å²) in [5.74, 6) is 1.63. The van der Waals surface area contributed by atoms with Crippen LogP contribution in [-0.2, 0) is 11.3 Å². The summed E-state index contributed by atoms with van der Waals surface area (Å²) in [7, 11) is 0. The summed E-state index contributed by atoms with van der Waals surface area (Å²) in [6.07, 6.45) is 7.15. The highest BCUT2D eigenvalue weighted by atomic mass is 19.1. The highest BCUT2D eigenvalue weighted by Gasteiger charge is 2.20. The van der Waals surface area contributed by atoms with E-state index >= 15 is 0 Å². The monoisotopic (exact) mass is 445 g/mol. The molecule has 2 fully saturated rings. The van der Waals surface area contributed by atoms with E-state index in [1.54, 1.807) is 6.07 Å². The zero-order chi connectivity index (χ0) is 22.6. The zero-order valence-electron chi connectivity index (χ0n) is 19.6. The molecule has 2 aliphatic rings. The van der Waals surface area contributed by atoms with Gasteiger partial charge in [0.05, 0.1) is 0 Å². The zero-order valence-corrected chi connectivity index (χ0v) is 19.6. The highest BCUT2D eigenvalue weighted by Crippen LogP contribution is 2.20. The van der Waals surface area contributed by atoms with Crippen LogP contribution in [0.1, 0.15) is 57.4 Å². The molecule has 7 heteroatoms. The van der Waals surface area contributed by atoms with Crippen LogP contribution < -0.4 is 10.6 Å². The molecule has 32 heavy (non-hydrogen) atoms. The largest absolute Gasteiger partial charge is 0.357 e. The molecular weight excluding hydrogens is 405 g/mol. The lowest BCUT2D eigenvalue weighted by Crippen LogP contribution is -2.40. The first-order valence-corrected chi connectivity index (χ1v) is 12.4. The number of rotatable bonds is 9. The molecule has 6 nitrogen and oxygen atoms in total. The van der Waals surface area contributed by atoms with Crippen molar-refractivity contribution in [2.75, 3.05) is 45.8 Å². The van der Waals surface area contributed by atoms with Crippen molar-refractivity contribution in [2.45, 2.75) is 58.4 Å². The van der Waals surface area contributed by atoms with Crippen LogP contribution >= 0.6 is 0 Å². The molecule has 1 aromatic carbocycles. The number of hydrogen-bond donors (Lipinski definition) is 2. The van der Waals surface area contributed by atoms with E-state index in [4.69, 9.17) is 4.99 Å². The third kappa shape index (κ3) is 8.08. The van der Waals surface area contributed by atoms with E-state index in [0.29, 0.717) is 24.8 Å². The molecule has 0 radical (unpaired) electrons. The van der Waals surface area contributed by atoms with Gasteiger partial charge >= 0.3 is 0 Å². The predicted octanol–water partition coefficient (Wildman–Crippen LogP) is 3.39. The molecular formula is C25H40FN5O. The fraction of sp³-hybridized carbons (Fsp3) is 0.680. The van der Waals surface area contributed by atoms with Gasteiger partial charge in [-0.25, -0.2) is 4.39 Å². The smallest absolute Gasteiger partial charge is 0.222 e. The Labute approximate surface area is 192 Å². The Morgan fingerprint density at radius 3 is 2.72 bits per heavy atom. The Morgan fingerprint density at radius 2 is 1.94 bits per heavy atom. The molecule has 2 heterocycles. The van der Waals surface area contributed by atoms with Gasteiger partial charge in [0, 0.05) is 51.3 Å². The van der Waals surface area contributed by atoms with E-state index in [1.807, 2.05) is 17.0 Å². The molecule has 178 valence electrons. The van der Waals surface area contributed by atoms with E-state index in [2.05, 4.69) is 22.5 Å². The van der Waals surface area contributed by atoms with Crippen molar-refractivity contribution < 1.29 is 9.18 Å². The van der Waals surface area contributed by atoms with Gasteiger partial charge in [-0.15, -0.1) is 0 Å². The molecule has 1 aromatic rings.